The second-order valence-corrected chi connectivity index (χ2v) is 2.95. The van der Waals surface area contributed by atoms with Gasteiger partial charge in [0.05, 0.1) is 6.04 Å². The maximum absolute atomic E-state index is 5.00. The van der Waals surface area contributed by atoms with Crippen molar-refractivity contribution in [3.8, 4) is 0 Å². The maximum atomic E-state index is 5.00. The van der Waals surface area contributed by atoms with Gasteiger partial charge in [0.15, 0.2) is 0 Å². The van der Waals surface area contributed by atoms with Crippen molar-refractivity contribution in [2.24, 2.45) is 0 Å². The van der Waals surface area contributed by atoms with Crippen LogP contribution in [0.4, 0.5) is 0 Å². The molecule has 0 bridgehead atoms. The fourth-order valence-corrected chi connectivity index (χ4v) is 1.32. The number of hydrogen-bond acceptors (Lipinski definition) is 3. The van der Waals surface area contributed by atoms with Crippen molar-refractivity contribution in [3.05, 3.63) is 18.2 Å². The minimum Gasteiger partial charge on any atom is -0.385 e. The number of imidazole rings is 1. The standard InChI is InChI=1S/C9H17N3O/c1-10-8(4-3-7-13-2)9-11-5-6-12-9/h5-6,8,10H,3-4,7H2,1-2H3,(H,11,12). The average molecular weight is 183 g/mol. The predicted octanol–water partition coefficient (Wildman–Crippen LogP) is 1.10. The molecule has 1 unspecified atom stereocenters. The molecule has 1 aromatic rings. The third-order valence-electron chi connectivity index (χ3n) is 2.04. The monoisotopic (exact) mass is 183 g/mol. The first kappa shape index (κ1) is 10.2. The van der Waals surface area contributed by atoms with Gasteiger partial charge in [-0.3, -0.25) is 0 Å². The van der Waals surface area contributed by atoms with Crippen LogP contribution >= 0.6 is 0 Å². The highest BCUT2D eigenvalue weighted by Crippen LogP contribution is 2.12. The quantitative estimate of drug-likeness (QED) is 0.649. The molecule has 74 valence electrons. The van der Waals surface area contributed by atoms with Crippen LogP contribution in [0.5, 0.6) is 0 Å². The molecular weight excluding hydrogens is 166 g/mol. The zero-order valence-corrected chi connectivity index (χ0v) is 8.21. The van der Waals surface area contributed by atoms with E-state index in [0.717, 1.165) is 25.3 Å². The second-order valence-electron chi connectivity index (χ2n) is 2.95. The fourth-order valence-electron chi connectivity index (χ4n) is 1.32. The van der Waals surface area contributed by atoms with Gasteiger partial charge in [0, 0.05) is 26.1 Å². The number of aromatic nitrogens is 2. The van der Waals surface area contributed by atoms with Gasteiger partial charge in [-0.2, -0.15) is 0 Å². The largest absolute Gasteiger partial charge is 0.385 e. The van der Waals surface area contributed by atoms with Crippen molar-refractivity contribution in [2.75, 3.05) is 20.8 Å². The van der Waals surface area contributed by atoms with Crippen LogP contribution in [-0.2, 0) is 4.74 Å². The Hall–Kier alpha value is -0.870. The van der Waals surface area contributed by atoms with E-state index in [4.69, 9.17) is 4.74 Å². The molecule has 0 aromatic carbocycles. The summed E-state index contributed by atoms with van der Waals surface area (Å²) in [4.78, 5) is 7.31. The van der Waals surface area contributed by atoms with Gasteiger partial charge in [0.2, 0.25) is 0 Å². The van der Waals surface area contributed by atoms with Gasteiger partial charge in [-0.15, -0.1) is 0 Å². The molecule has 2 N–H and O–H groups in total. The van der Waals surface area contributed by atoms with Crippen LogP contribution in [0.3, 0.4) is 0 Å². The Morgan fingerprint density at radius 3 is 3.08 bits per heavy atom. The lowest BCUT2D eigenvalue weighted by Crippen LogP contribution is -2.18. The lowest BCUT2D eigenvalue weighted by Gasteiger charge is -2.12. The molecule has 1 aromatic heterocycles. The summed E-state index contributed by atoms with van der Waals surface area (Å²) in [6, 6.07) is 0.310. The van der Waals surface area contributed by atoms with Crippen LogP contribution in [0.2, 0.25) is 0 Å². The summed E-state index contributed by atoms with van der Waals surface area (Å²) < 4.78 is 5.00. The predicted molar refractivity (Wildman–Crippen MR) is 51.5 cm³/mol. The number of nitrogens with one attached hydrogen (secondary N) is 2. The summed E-state index contributed by atoms with van der Waals surface area (Å²) in [5, 5.41) is 3.21. The van der Waals surface area contributed by atoms with E-state index >= 15 is 0 Å². The van der Waals surface area contributed by atoms with Crippen molar-refractivity contribution in [1.82, 2.24) is 15.3 Å². The van der Waals surface area contributed by atoms with Crippen LogP contribution in [0.1, 0.15) is 24.7 Å². The Morgan fingerprint density at radius 1 is 1.69 bits per heavy atom. The highest BCUT2D eigenvalue weighted by atomic mass is 16.5. The van der Waals surface area contributed by atoms with Gasteiger partial charge in [0.1, 0.15) is 5.82 Å². The van der Waals surface area contributed by atoms with E-state index in [1.54, 1.807) is 13.3 Å². The molecule has 0 radical (unpaired) electrons. The summed E-state index contributed by atoms with van der Waals surface area (Å²) >= 11 is 0. The molecule has 4 heteroatoms. The summed E-state index contributed by atoms with van der Waals surface area (Å²) in [7, 11) is 3.67. The summed E-state index contributed by atoms with van der Waals surface area (Å²) in [5.74, 6) is 0.999. The van der Waals surface area contributed by atoms with Crippen molar-refractivity contribution >= 4 is 0 Å². The van der Waals surface area contributed by atoms with Crippen LogP contribution in [0.25, 0.3) is 0 Å². The van der Waals surface area contributed by atoms with Crippen molar-refractivity contribution in [1.29, 1.82) is 0 Å². The first-order valence-electron chi connectivity index (χ1n) is 4.54. The van der Waals surface area contributed by atoms with E-state index < -0.39 is 0 Å². The molecule has 1 atom stereocenters. The van der Waals surface area contributed by atoms with E-state index in [1.807, 2.05) is 13.2 Å². The molecule has 4 nitrogen and oxygen atoms in total. The lowest BCUT2D eigenvalue weighted by molar-refractivity contribution is 0.189. The highest BCUT2D eigenvalue weighted by Gasteiger charge is 2.09. The maximum Gasteiger partial charge on any atom is 0.123 e. The second kappa shape index (κ2) is 5.72. The Morgan fingerprint density at radius 2 is 2.54 bits per heavy atom. The van der Waals surface area contributed by atoms with E-state index in [0.29, 0.717) is 6.04 Å². The first-order valence-corrected chi connectivity index (χ1v) is 4.54. The molecular formula is C9H17N3O. The van der Waals surface area contributed by atoms with Gasteiger partial charge in [0.25, 0.3) is 0 Å². The topological polar surface area (TPSA) is 49.9 Å². The SMILES string of the molecule is CNC(CCCOC)c1ncc[nH]1. The Labute approximate surface area is 78.7 Å². The number of methoxy groups -OCH3 is 1. The van der Waals surface area contributed by atoms with Crippen molar-refractivity contribution in [2.45, 2.75) is 18.9 Å². The minimum atomic E-state index is 0.310. The molecule has 0 aliphatic heterocycles. The summed E-state index contributed by atoms with van der Waals surface area (Å²) in [6.07, 6.45) is 5.70. The zero-order valence-electron chi connectivity index (χ0n) is 8.21. The number of rotatable bonds is 6. The Kier molecular flexibility index (Phi) is 4.49. The third-order valence-corrected chi connectivity index (χ3v) is 2.04. The molecule has 13 heavy (non-hydrogen) atoms. The molecule has 1 heterocycles. The van der Waals surface area contributed by atoms with Gasteiger partial charge < -0.3 is 15.0 Å². The Bertz CT molecular complexity index is 211. The number of H-pyrrole nitrogens is 1. The van der Waals surface area contributed by atoms with Crippen molar-refractivity contribution in [3.63, 3.8) is 0 Å². The van der Waals surface area contributed by atoms with Crippen LogP contribution in [-0.4, -0.2) is 30.7 Å². The van der Waals surface area contributed by atoms with Crippen LogP contribution < -0.4 is 5.32 Å². The van der Waals surface area contributed by atoms with Crippen molar-refractivity contribution < 1.29 is 4.74 Å². The fraction of sp³-hybridized carbons (Fsp3) is 0.667. The van der Waals surface area contributed by atoms with Crippen LogP contribution in [0, 0.1) is 0 Å². The van der Waals surface area contributed by atoms with E-state index in [1.165, 1.54) is 0 Å². The molecule has 0 fully saturated rings. The molecule has 0 aliphatic rings. The van der Waals surface area contributed by atoms with E-state index in [-0.39, 0.29) is 0 Å². The highest BCUT2D eigenvalue weighted by molar-refractivity contribution is 4.94. The number of ether oxygens (including phenoxy) is 1. The van der Waals surface area contributed by atoms with E-state index in [9.17, 15) is 0 Å². The number of aromatic amines is 1. The molecule has 0 saturated heterocycles. The molecule has 1 rings (SSSR count). The minimum absolute atomic E-state index is 0.310. The van der Waals surface area contributed by atoms with Gasteiger partial charge >= 0.3 is 0 Å². The number of nitrogens with zero attached hydrogens (tertiary/aromatic N) is 1. The van der Waals surface area contributed by atoms with E-state index in [2.05, 4.69) is 15.3 Å². The van der Waals surface area contributed by atoms with Crippen LogP contribution in [0.15, 0.2) is 12.4 Å². The van der Waals surface area contributed by atoms with Gasteiger partial charge in [-0.25, -0.2) is 4.98 Å². The molecule has 0 aliphatic carbocycles. The normalized spacial score (nSPS) is 13.1. The molecule has 0 spiro atoms. The third kappa shape index (κ3) is 3.16. The van der Waals surface area contributed by atoms with Gasteiger partial charge in [-0.1, -0.05) is 0 Å². The zero-order chi connectivity index (χ0) is 9.52. The lowest BCUT2D eigenvalue weighted by atomic mass is 10.1. The average Bonchev–Trinajstić information content (AvgIpc) is 2.65. The molecule has 0 saturated carbocycles. The summed E-state index contributed by atoms with van der Waals surface area (Å²) in [6.45, 7) is 0.804. The number of hydrogen-bond donors (Lipinski definition) is 2. The van der Waals surface area contributed by atoms with Gasteiger partial charge in [-0.05, 0) is 19.9 Å². The smallest absolute Gasteiger partial charge is 0.123 e. The first-order chi connectivity index (χ1) is 6.38. The Balaban J connectivity index is 2.35. The molecule has 0 amide bonds. The summed E-state index contributed by atoms with van der Waals surface area (Å²) in [5.41, 5.74) is 0.